The molecule has 3 heterocycles. The van der Waals surface area contributed by atoms with Gasteiger partial charge in [0.2, 0.25) is 0 Å². The van der Waals surface area contributed by atoms with Crippen molar-refractivity contribution in [2.75, 3.05) is 0 Å². The van der Waals surface area contributed by atoms with Crippen LogP contribution in [0.5, 0.6) is 0 Å². The van der Waals surface area contributed by atoms with E-state index < -0.39 is 5.41 Å². The van der Waals surface area contributed by atoms with Gasteiger partial charge in [-0.1, -0.05) is 200 Å². The number of hydrogen-bond donors (Lipinski definition) is 0. The Kier molecular flexibility index (Phi) is 7.49. The van der Waals surface area contributed by atoms with Crippen LogP contribution in [0.3, 0.4) is 0 Å². The molecule has 0 radical (unpaired) electrons. The summed E-state index contributed by atoms with van der Waals surface area (Å²) in [5.41, 5.74) is 18.5. The molecule has 1 aliphatic carbocycles. The second-order valence-electron chi connectivity index (χ2n) is 16.3. The van der Waals surface area contributed by atoms with E-state index in [9.17, 15) is 0 Å². The third-order valence-corrected chi connectivity index (χ3v) is 13.1. The lowest BCUT2D eigenvalue weighted by molar-refractivity contribution is 0.749. The molecular weight excluding hydrogens is 753 g/mol. The fraction of sp³-hybridized carbons (Fsp3) is 0.0172. The summed E-state index contributed by atoms with van der Waals surface area (Å²) in [5.74, 6) is 1.92. The van der Waals surface area contributed by atoms with Gasteiger partial charge < -0.3 is 4.57 Å². The maximum atomic E-state index is 5.08. The maximum absolute atomic E-state index is 5.08. The summed E-state index contributed by atoms with van der Waals surface area (Å²) in [6, 6.07) is 78.6. The highest BCUT2D eigenvalue weighted by atomic mass is 15.0. The first-order valence-corrected chi connectivity index (χ1v) is 21.2. The Hall–Kier alpha value is -8.21. The molecule has 0 saturated heterocycles. The Balaban J connectivity index is 0.948. The lowest BCUT2D eigenvalue weighted by Crippen LogP contribution is -2.33. The summed E-state index contributed by atoms with van der Waals surface area (Å²) < 4.78 is 2.50. The van der Waals surface area contributed by atoms with Crippen molar-refractivity contribution in [3.8, 4) is 73.2 Å². The lowest BCUT2D eigenvalue weighted by atomic mass is 9.65. The first-order chi connectivity index (χ1) is 30.7. The molecule has 2 aliphatic rings. The maximum Gasteiger partial charge on any atom is 0.164 e. The van der Waals surface area contributed by atoms with E-state index in [4.69, 9.17) is 15.0 Å². The molecule has 0 N–H and O–H groups in total. The zero-order valence-corrected chi connectivity index (χ0v) is 33.6. The number of rotatable bonds is 5. The minimum atomic E-state index is -0.503. The molecule has 0 bridgehead atoms. The molecule has 9 aromatic carbocycles. The second kappa shape index (κ2) is 13.4. The van der Waals surface area contributed by atoms with E-state index in [0.29, 0.717) is 17.5 Å². The van der Waals surface area contributed by atoms with Crippen LogP contribution in [-0.2, 0) is 5.41 Å². The number of fused-ring (bicyclic) bond motifs is 12. The number of hydrogen-bond acceptors (Lipinski definition) is 3. The van der Waals surface area contributed by atoms with E-state index in [1.54, 1.807) is 0 Å². The molecule has 0 amide bonds. The average Bonchev–Trinajstić information content (AvgIpc) is 3.85. The Bertz CT molecular complexity index is 3550. The van der Waals surface area contributed by atoms with Crippen molar-refractivity contribution in [3.63, 3.8) is 0 Å². The number of para-hydroxylation sites is 3. The highest BCUT2D eigenvalue weighted by Gasteiger charge is 2.50. The van der Waals surface area contributed by atoms with Crippen LogP contribution in [0.4, 0.5) is 0 Å². The summed E-state index contributed by atoms with van der Waals surface area (Å²) in [7, 11) is 0. The van der Waals surface area contributed by atoms with Gasteiger partial charge in [-0.3, -0.25) is 0 Å². The molecule has 1 spiro atoms. The normalized spacial score (nSPS) is 14.5. The van der Waals surface area contributed by atoms with Gasteiger partial charge in [0, 0.05) is 27.5 Å². The van der Waals surface area contributed by atoms with Gasteiger partial charge >= 0.3 is 0 Å². The molecule has 13 rings (SSSR count). The van der Waals surface area contributed by atoms with Gasteiger partial charge in [-0.05, 0) is 73.8 Å². The van der Waals surface area contributed by atoms with Crippen LogP contribution < -0.4 is 0 Å². The van der Waals surface area contributed by atoms with Gasteiger partial charge in [-0.25, -0.2) is 15.0 Å². The van der Waals surface area contributed by atoms with E-state index >= 15 is 0 Å². The summed E-state index contributed by atoms with van der Waals surface area (Å²) in [5, 5.41) is 2.56. The average molecular weight is 789 g/mol. The lowest BCUT2D eigenvalue weighted by Gasteiger charge is -2.39. The van der Waals surface area contributed by atoms with Crippen LogP contribution >= 0.6 is 0 Å². The van der Waals surface area contributed by atoms with Crippen molar-refractivity contribution in [1.82, 2.24) is 19.5 Å². The molecule has 1 aliphatic heterocycles. The van der Waals surface area contributed by atoms with Crippen molar-refractivity contribution in [2.24, 2.45) is 0 Å². The van der Waals surface area contributed by atoms with Crippen LogP contribution in [0.25, 0.3) is 95.0 Å². The Morgan fingerprint density at radius 2 is 0.774 bits per heavy atom. The molecule has 1 unspecified atom stereocenters. The van der Waals surface area contributed by atoms with Crippen molar-refractivity contribution >= 4 is 21.8 Å². The molecule has 1 atom stereocenters. The first kappa shape index (κ1) is 34.6. The minimum Gasteiger partial charge on any atom is -0.309 e. The molecule has 11 aromatic rings. The van der Waals surface area contributed by atoms with E-state index in [1.165, 1.54) is 66.4 Å². The van der Waals surface area contributed by atoms with Crippen molar-refractivity contribution in [2.45, 2.75) is 5.41 Å². The van der Waals surface area contributed by atoms with Crippen molar-refractivity contribution < 1.29 is 0 Å². The van der Waals surface area contributed by atoms with Crippen LogP contribution in [0.1, 0.15) is 22.3 Å². The summed E-state index contributed by atoms with van der Waals surface area (Å²) in [6.07, 6.45) is 0. The van der Waals surface area contributed by atoms with Gasteiger partial charge in [-0.15, -0.1) is 0 Å². The molecule has 288 valence electrons. The molecule has 0 saturated carbocycles. The number of aromatic nitrogens is 4. The Morgan fingerprint density at radius 1 is 0.306 bits per heavy atom. The third-order valence-electron chi connectivity index (χ3n) is 13.1. The first-order valence-electron chi connectivity index (χ1n) is 21.2. The SMILES string of the molecule is c1ccc(-c2ccc(-c3nc(-c4ccccc4)nc(-c4ccc(-c5ccc6c(c5)C5(c7ccccc7-6)c6ccccc6-n6c7ccccc7c7cccc5c76)cc4)n3)cc2)cc1. The largest absolute Gasteiger partial charge is 0.309 e. The smallest absolute Gasteiger partial charge is 0.164 e. The fourth-order valence-corrected chi connectivity index (χ4v) is 10.3. The Morgan fingerprint density at radius 3 is 1.48 bits per heavy atom. The predicted octanol–water partition coefficient (Wildman–Crippen LogP) is 14.0. The number of nitrogens with zero attached hydrogens (tertiary/aromatic N) is 4. The fourth-order valence-electron chi connectivity index (χ4n) is 10.3. The van der Waals surface area contributed by atoms with Gasteiger partial charge in [0.1, 0.15) is 0 Å². The van der Waals surface area contributed by atoms with Gasteiger partial charge in [0.25, 0.3) is 0 Å². The summed E-state index contributed by atoms with van der Waals surface area (Å²) in [4.78, 5) is 15.1. The molecule has 2 aromatic heterocycles. The molecule has 4 nitrogen and oxygen atoms in total. The third kappa shape index (κ3) is 4.98. The van der Waals surface area contributed by atoms with Gasteiger partial charge in [0.15, 0.2) is 17.5 Å². The highest BCUT2D eigenvalue weighted by molar-refractivity contribution is 6.13. The monoisotopic (exact) mass is 788 g/mol. The van der Waals surface area contributed by atoms with Crippen LogP contribution in [0.2, 0.25) is 0 Å². The topological polar surface area (TPSA) is 43.6 Å². The van der Waals surface area contributed by atoms with E-state index in [1.807, 2.05) is 36.4 Å². The van der Waals surface area contributed by atoms with Gasteiger partial charge in [0.05, 0.1) is 22.1 Å². The zero-order chi connectivity index (χ0) is 40.8. The minimum absolute atomic E-state index is 0.503. The number of benzene rings is 9. The van der Waals surface area contributed by atoms with E-state index in [0.717, 1.165) is 33.4 Å². The standard InChI is InChI=1S/C58H36N4/c1-3-14-37(15-4-1)38-26-30-41(31-27-38)56-59-55(40-16-5-2-6-17-40)60-57(61-56)42-32-28-39(29-33-42)43-34-35-45-44-18-7-9-21-48(44)58(51(45)36-43)49-22-10-12-25-53(49)62-52-24-11-8-19-46(52)47-20-13-23-50(58)54(47)62/h1-36H. The quantitative estimate of drug-likeness (QED) is 0.174. The molecule has 62 heavy (non-hydrogen) atoms. The summed E-state index contributed by atoms with van der Waals surface area (Å²) >= 11 is 0. The van der Waals surface area contributed by atoms with E-state index in [-0.39, 0.29) is 0 Å². The van der Waals surface area contributed by atoms with Crippen LogP contribution in [0, 0.1) is 0 Å². The van der Waals surface area contributed by atoms with Crippen LogP contribution in [0.15, 0.2) is 218 Å². The molecule has 4 heteroatoms. The van der Waals surface area contributed by atoms with Gasteiger partial charge in [-0.2, -0.15) is 0 Å². The Labute approximate surface area is 359 Å². The second-order valence-corrected chi connectivity index (χ2v) is 16.3. The predicted molar refractivity (Wildman–Crippen MR) is 252 cm³/mol. The van der Waals surface area contributed by atoms with Crippen molar-refractivity contribution in [3.05, 3.63) is 241 Å². The van der Waals surface area contributed by atoms with Crippen molar-refractivity contribution in [1.29, 1.82) is 0 Å². The van der Waals surface area contributed by atoms with Crippen LogP contribution in [-0.4, -0.2) is 19.5 Å². The summed E-state index contributed by atoms with van der Waals surface area (Å²) in [6.45, 7) is 0. The highest BCUT2D eigenvalue weighted by Crippen LogP contribution is 2.61. The zero-order valence-electron chi connectivity index (χ0n) is 33.6. The molecular formula is C58H36N4. The van der Waals surface area contributed by atoms with E-state index in [2.05, 4.69) is 187 Å². The molecule has 0 fully saturated rings.